The van der Waals surface area contributed by atoms with Crippen LogP contribution in [-0.2, 0) is 11.3 Å². The number of carbonyl (C=O) groups is 2. The largest absolute Gasteiger partial charge is 0.462 e. The number of benzene rings is 2. The van der Waals surface area contributed by atoms with Crippen LogP contribution in [0.1, 0.15) is 16.7 Å². The van der Waals surface area contributed by atoms with Crippen LogP contribution < -0.4 is 5.43 Å². The summed E-state index contributed by atoms with van der Waals surface area (Å²) in [6.07, 6.45) is 2.58. The van der Waals surface area contributed by atoms with Crippen LogP contribution in [0.4, 0.5) is 4.79 Å². The molecule has 2 heterocycles. The van der Waals surface area contributed by atoms with Gasteiger partial charge in [-0.3, -0.25) is 19.3 Å². The number of thioether (sulfide) groups is 1. The SMILES string of the molecule is Cc1cccc(CN2C(=O)S/C(=C\c3coc4c(Cl)cc(Cl)cc4c3=O)C2=O)c1. The fourth-order valence-electron chi connectivity index (χ4n) is 3.05. The first kappa shape index (κ1) is 19.8. The van der Waals surface area contributed by atoms with Crippen LogP contribution in [0.3, 0.4) is 0 Å². The predicted molar refractivity (Wildman–Crippen MR) is 115 cm³/mol. The predicted octanol–water partition coefficient (Wildman–Crippen LogP) is 5.64. The van der Waals surface area contributed by atoms with Gasteiger partial charge in [0.25, 0.3) is 11.1 Å². The molecular formula is C21H13Cl2NO4S. The minimum Gasteiger partial charge on any atom is -0.462 e. The molecule has 1 saturated heterocycles. The number of amides is 2. The van der Waals surface area contributed by atoms with E-state index in [4.69, 9.17) is 27.6 Å². The number of imide groups is 1. The van der Waals surface area contributed by atoms with Crippen molar-refractivity contribution in [3.05, 3.63) is 84.5 Å². The lowest BCUT2D eigenvalue weighted by molar-refractivity contribution is -0.123. The third-order valence-electron chi connectivity index (χ3n) is 4.40. The molecule has 0 saturated carbocycles. The molecule has 3 aromatic rings. The smallest absolute Gasteiger partial charge is 0.293 e. The topological polar surface area (TPSA) is 67.6 Å². The van der Waals surface area contributed by atoms with Crippen molar-refractivity contribution in [3.63, 3.8) is 0 Å². The molecule has 146 valence electrons. The quantitative estimate of drug-likeness (QED) is 0.487. The Morgan fingerprint density at radius 1 is 1.14 bits per heavy atom. The summed E-state index contributed by atoms with van der Waals surface area (Å²) in [6.45, 7) is 2.11. The second kappa shape index (κ2) is 7.71. The highest BCUT2D eigenvalue weighted by molar-refractivity contribution is 8.18. The molecule has 0 unspecified atom stereocenters. The Hall–Kier alpha value is -2.54. The third kappa shape index (κ3) is 3.83. The number of hydrogen-bond donors (Lipinski definition) is 0. The lowest BCUT2D eigenvalue weighted by Gasteiger charge is -2.12. The van der Waals surface area contributed by atoms with Gasteiger partial charge in [-0.05, 0) is 42.5 Å². The maximum atomic E-state index is 12.8. The van der Waals surface area contributed by atoms with Crippen molar-refractivity contribution >= 4 is 63.2 Å². The minimum atomic E-state index is -0.454. The molecule has 8 heteroatoms. The Labute approximate surface area is 179 Å². The van der Waals surface area contributed by atoms with Gasteiger partial charge in [0.1, 0.15) is 6.26 Å². The normalized spacial score (nSPS) is 15.7. The molecule has 2 amide bonds. The number of aryl methyl sites for hydroxylation is 1. The van der Waals surface area contributed by atoms with Crippen molar-refractivity contribution in [2.45, 2.75) is 13.5 Å². The average Bonchev–Trinajstić information content (AvgIpc) is 2.92. The molecular weight excluding hydrogens is 433 g/mol. The van der Waals surface area contributed by atoms with E-state index in [-0.39, 0.29) is 43.7 Å². The number of halogens is 2. The van der Waals surface area contributed by atoms with Crippen LogP contribution in [-0.4, -0.2) is 16.0 Å². The summed E-state index contributed by atoms with van der Waals surface area (Å²) in [5, 5.41) is 0.328. The minimum absolute atomic E-state index is 0.136. The van der Waals surface area contributed by atoms with Crippen LogP contribution in [0.15, 0.2) is 56.8 Å². The van der Waals surface area contributed by atoms with Crippen LogP contribution in [0.5, 0.6) is 0 Å². The molecule has 0 atom stereocenters. The molecule has 4 rings (SSSR count). The summed E-state index contributed by atoms with van der Waals surface area (Å²) in [7, 11) is 0. The highest BCUT2D eigenvalue weighted by Gasteiger charge is 2.35. The lowest BCUT2D eigenvalue weighted by atomic mass is 10.1. The molecule has 0 spiro atoms. The van der Waals surface area contributed by atoms with E-state index in [1.807, 2.05) is 31.2 Å². The molecule has 0 N–H and O–H groups in total. The first-order valence-corrected chi connectivity index (χ1v) is 10.1. The summed E-state index contributed by atoms with van der Waals surface area (Å²) in [6, 6.07) is 10.5. The first-order valence-electron chi connectivity index (χ1n) is 8.55. The van der Waals surface area contributed by atoms with Crippen LogP contribution in [0, 0.1) is 6.92 Å². The molecule has 1 aliphatic rings. The molecule has 1 aromatic heterocycles. The molecule has 29 heavy (non-hydrogen) atoms. The van der Waals surface area contributed by atoms with Crippen LogP contribution >= 0.6 is 35.0 Å². The van der Waals surface area contributed by atoms with E-state index in [9.17, 15) is 14.4 Å². The maximum Gasteiger partial charge on any atom is 0.293 e. The van der Waals surface area contributed by atoms with Crippen LogP contribution in [0.25, 0.3) is 17.0 Å². The van der Waals surface area contributed by atoms with Gasteiger partial charge in [0.2, 0.25) is 0 Å². The van der Waals surface area contributed by atoms with Gasteiger partial charge in [0, 0.05) is 5.02 Å². The highest BCUT2D eigenvalue weighted by atomic mass is 35.5. The second-order valence-electron chi connectivity index (χ2n) is 6.54. The third-order valence-corrected chi connectivity index (χ3v) is 5.81. The van der Waals surface area contributed by atoms with Gasteiger partial charge in [-0.2, -0.15) is 0 Å². The van der Waals surface area contributed by atoms with Crippen molar-refractivity contribution in [1.82, 2.24) is 4.90 Å². The number of rotatable bonds is 3. The van der Waals surface area contributed by atoms with Gasteiger partial charge in [-0.15, -0.1) is 0 Å². The van der Waals surface area contributed by atoms with Crippen LogP contribution in [0.2, 0.25) is 10.0 Å². The molecule has 2 aromatic carbocycles. The maximum absolute atomic E-state index is 12.8. The highest BCUT2D eigenvalue weighted by Crippen LogP contribution is 2.33. The van der Waals surface area contributed by atoms with E-state index in [2.05, 4.69) is 0 Å². The average molecular weight is 446 g/mol. The van der Waals surface area contributed by atoms with Crippen molar-refractivity contribution < 1.29 is 14.0 Å². The van der Waals surface area contributed by atoms with E-state index in [1.165, 1.54) is 24.5 Å². The van der Waals surface area contributed by atoms with E-state index in [1.54, 1.807) is 0 Å². The summed E-state index contributed by atoms with van der Waals surface area (Å²) in [4.78, 5) is 39.2. The van der Waals surface area contributed by atoms with Crippen molar-refractivity contribution in [2.75, 3.05) is 0 Å². The van der Waals surface area contributed by atoms with Gasteiger partial charge >= 0.3 is 0 Å². The van der Waals surface area contributed by atoms with E-state index < -0.39 is 5.91 Å². The fourth-order valence-corrected chi connectivity index (χ4v) is 4.42. The Balaban J connectivity index is 1.68. The zero-order valence-electron chi connectivity index (χ0n) is 15.1. The Morgan fingerprint density at radius 3 is 2.69 bits per heavy atom. The van der Waals surface area contributed by atoms with E-state index in [0.29, 0.717) is 5.02 Å². The number of hydrogen-bond acceptors (Lipinski definition) is 5. The zero-order valence-corrected chi connectivity index (χ0v) is 17.4. The molecule has 1 aliphatic heterocycles. The molecule has 0 radical (unpaired) electrons. The first-order chi connectivity index (χ1) is 13.8. The van der Waals surface area contributed by atoms with E-state index >= 15 is 0 Å². The molecule has 5 nitrogen and oxygen atoms in total. The summed E-state index contributed by atoms with van der Waals surface area (Å²) >= 11 is 12.8. The number of nitrogens with zero attached hydrogens (tertiary/aromatic N) is 1. The molecule has 0 aliphatic carbocycles. The van der Waals surface area contributed by atoms with Gasteiger partial charge in [-0.25, -0.2) is 0 Å². The number of carbonyl (C=O) groups excluding carboxylic acids is 2. The van der Waals surface area contributed by atoms with Gasteiger partial charge < -0.3 is 4.42 Å². The van der Waals surface area contributed by atoms with Crippen molar-refractivity contribution in [2.24, 2.45) is 0 Å². The molecule has 1 fully saturated rings. The Kier molecular flexibility index (Phi) is 5.25. The Morgan fingerprint density at radius 2 is 1.93 bits per heavy atom. The van der Waals surface area contributed by atoms with E-state index in [0.717, 1.165) is 27.8 Å². The monoisotopic (exact) mass is 445 g/mol. The van der Waals surface area contributed by atoms with Crippen molar-refractivity contribution in [3.8, 4) is 0 Å². The number of fused-ring (bicyclic) bond motifs is 1. The molecule has 0 bridgehead atoms. The zero-order chi connectivity index (χ0) is 20.7. The van der Waals surface area contributed by atoms with Gasteiger partial charge in [-0.1, -0.05) is 53.0 Å². The fraction of sp³-hybridized carbons (Fsp3) is 0.0952. The summed E-state index contributed by atoms with van der Waals surface area (Å²) in [5.74, 6) is -0.454. The van der Waals surface area contributed by atoms with Crippen molar-refractivity contribution in [1.29, 1.82) is 0 Å². The second-order valence-corrected chi connectivity index (χ2v) is 8.38. The van der Waals surface area contributed by atoms with Gasteiger partial charge in [0.05, 0.1) is 27.4 Å². The Bertz CT molecular complexity index is 1270. The summed E-state index contributed by atoms with van der Waals surface area (Å²) < 4.78 is 5.46. The van der Waals surface area contributed by atoms with Gasteiger partial charge in [0.15, 0.2) is 11.0 Å². The standard InChI is InChI=1S/C21H13Cl2NO4S/c1-11-3-2-4-12(5-11)9-24-20(26)17(29-21(24)27)6-13-10-28-19-15(18(13)25)7-14(22)8-16(19)23/h2-8,10H,9H2,1H3/b17-6-. The lowest BCUT2D eigenvalue weighted by Crippen LogP contribution is -2.27. The summed E-state index contributed by atoms with van der Waals surface area (Å²) in [5.41, 5.74) is 1.85.